The lowest BCUT2D eigenvalue weighted by Gasteiger charge is -2.30. The molecule has 2 aromatic heterocycles. The van der Waals surface area contributed by atoms with Crippen LogP contribution in [0.2, 0.25) is 0 Å². The number of thiophene rings is 1. The third kappa shape index (κ3) is 3.61. The molecule has 138 valence electrons. The van der Waals surface area contributed by atoms with E-state index < -0.39 is 0 Å². The number of hydrogen-bond donors (Lipinski definition) is 1. The van der Waals surface area contributed by atoms with E-state index in [-0.39, 0.29) is 16.4 Å². The van der Waals surface area contributed by atoms with Crippen LogP contribution in [0.4, 0.5) is 23.0 Å². The van der Waals surface area contributed by atoms with Crippen molar-refractivity contribution in [2.24, 2.45) is 0 Å². The zero-order valence-corrected chi connectivity index (χ0v) is 15.5. The molecule has 1 aliphatic heterocycles. The second kappa shape index (κ2) is 7.71. The molecule has 1 N–H and O–H groups in total. The molecule has 0 radical (unpaired) electrons. The van der Waals surface area contributed by atoms with Crippen molar-refractivity contribution in [3.8, 4) is 0 Å². The molecule has 0 fully saturated rings. The van der Waals surface area contributed by atoms with Gasteiger partial charge in [0.05, 0.1) is 4.92 Å². The van der Waals surface area contributed by atoms with Crippen molar-refractivity contribution in [2.75, 3.05) is 23.3 Å². The molecule has 0 saturated heterocycles. The molecule has 0 bridgehead atoms. The molecule has 1 aliphatic rings. The van der Waals surface area contributed by atoms with Gasteiger partial charge >= 0.3 is 5.69 Å². The van der Waals surface area contributed by atoms with Gasteiger partial charge in [-0.2, -0.15) is 0 Å². The van der Waals surface area contributed by atoms with E-state index >= 15 is 0 Å². The number of nitrogens with one attached hydrogen (secondary N) is 1. The van der Waals surface area contributed by atoms with Crippen LogP contribution in [0, 0.1) is 10.1 Å². The quantitative estimate of drug-likeness (QED) is 0.509. The first kappa shape index (κ1) is 17.4. The average molecular weight is 381 g/mol. The monoisotopic (exact) mass is 381 g/mol. The maximum atomic E-state index is 11.8. The smallest absolute Gasteiger partial charge is 0.353 e. The van der Waals surface area contributed by atoms with Gasteiger partial charge in [0.1, 0.15) is 6.33 Å². The van der Waals surface area contributed by atoms with Gasteiger partial charge in [0, 0.05) is 23.7 Å². The molecule has 0 amide bonds. The van der Waals surface area contributed by atoms with Crippen LogP contribution in [0.3, 0.4) is 0 Å². The Labute approximate surface area is 160 Å². The largest absolute Gasteiger partial charge is 0.364 e. The highest BCUT2D eigenvalue weighted by atomic mass is 32.1. The summed E-state index contributed by atoms with van der Waals surface area (Å²) in [5.74, 6) is 0.616. The fourth-order valence-corrected chi connectivity index (χ4v) is 4.09. The third-order valence-electron chi connectivity index (χ3n) is 4.60. The average Bonchev–Trinajstić information content (AvgIpc) is 3.20. The van der Waals surface area contributed by atoms with Gasteiger partial charge in [-0.1, -0.05) is 24.3 Å². The standard InChI is InChI=1S/C19H19N5O2S/c25-24(26)17-18(20-10-9-15-7-4-12-27-15)21-13-22-19(17)23-11-3-6-14-5-1-2-8-16(14)23/h1-2,4-5,7-8,12-13H,3,6,9-11H2,(H,20,21,22). The van der Waals surface area contributed by atoms with Gasteiger partial charge in [0.25, 0.3) is 0 Å². The highest BCUT2D eigenvalue weighted by Gasteiger charge is 2.30. The molecule has 8 heteroatoms. The Kier molecular flexibility index (Phi) is 4.97. The molecule has 0 aliphatic carbocycles. The van der Waals surface area contributed by atoms with Gasteiger partial charge in [-0.05, 0) is 42.3 Å². The number of benzene rings is 1. The zero-order valence-electron chi connectivity index (χ0n) is 14.7. The Morgan fingerprint density at radius 1 is 1.22 bits per heavy atom. The number of nitrogens with zero attached hydrogens (tertiary/aromatic N) is 4. The lowest BCUT2D eigenvalue weighted by atomic mass is 10.0. The molecule has 0 atom stereocenters. The van der Waals surface area contributed by atoms with Gasteiger partial charge in [-0.15, -0.1) is 11.3 Å². The summed E-state index contributed by atoms with van der Waals surface area (Å²) in [5, 5.41) is 17.0. The fraction of sp³-hybridized carbons (Fsp3) is 0.263. The summed E-state index contributed by atoms with van der Waals surface area (Å²) in [6.07, 6.45) is 4.09. The number of aromatic nitrogens is 2. The highest BCUT2D eigenvalue weighted by molar-refractivity contribution is 7.09. The minimum atomic E-state index is -0.389. The zero-order chi connectivity index (χ0) is 18.6. The van der Waals surface area contributed by atoms with E-state index in [4.69, 9.17) is 0 Å². The van der Waals surface area contributed by atoms with Crippen molar-refractivity contribution < 1.29 is 4.92 Å². The van der Waals surface area contributed by atoms with Crippen molar-refractivity contribution in [1.82, 2.24) is 9.97 Å². The van der Waals surface area contributed by atoms with Gasteiger partial charge in [0.15, 0.2) is 0 Å². The number of aryl methyl sites for hydroxylation is 1. The lowest BCUT2D eigenvalue weighted by molar-refractivity contribution is -0.383. The van der Waals surface area contributed by atoms with Crippen molar-refractivity contribution in [3.63, 3.8) is 0 Å². The summed E-state index contributed by atoms with van der Waals surface area (Å²) >= 11 is 1.67. The highest BCUT2D eigenvalue weighted by Crippen LogP contribution is 2.39. The molecule has 7 nitrogen and oxygen atoms in total. The molecular weight excluding hydrogens is 362 g/mol. The van der Waals surface area contributed by atoms with Gasteiger partial charge in [-0.3, -0.25) is 10.1 Å². The molecule has 4 rings (SSSR count). The first-order chi connectivity index (χ1) is 13.2. The van der Waals surface area contributed by atoms with Crippen molar-refractivity contribution >= 4 is 34.3 Å². The summed E-state index contributed by atoms with van der Waals surface area (Å²) in [5.41, 5.74) is 2.10. The molecule has 0 unspecified atom stereocenters. The summed E-state index contributed by atoms with van der Waals surface area (Å²) < 4.78 is 0. The van der Waals surface area contributed by atoms with Gasteiger partial charge in [0.2, 0.25) is 11.6 Å². The van der Waals surface area contributed by atoms with Crippen LogP contribution in [0.5, 0.6) is 0 Å². The van der Waals surface area contributed by atoms with Crippen molar-refractivity contribution in [1.29, 1.82) is 0 Å². The second-order valence-electron chi connectivity index (χ2n) is 6.29. The van der Waals surface area contributed by atoms with Crippen LogP contribution in [-0.2, 0) is 12.8 Å². The Bertz CT molecular complexity index is 945. The van der Waals surface area contributed by atoms with E-state index in [2.05, 4.69) is 27.4 Å². The van der Waals surface area contributed by atoms with Gasteiger partial charge < -0.3 is 10.2 Å². The minimum absolute atomic E-state index is 0.0691. The molecule has 1 aromatic carbocycles. The molecule has 0 spiro atoms. The van der Waals surface area contributed by atoms with E-state index in [1.54, 1.807) is 11.3 Å². The summed E-state index contributed by atoms with van der Waals surface area (Å²) in [4.78, 5) is 23.0. The second-order valence-corrected chi connectivity index (χ2v) is 7.32. The number of nitro groups is 1. The number of fused-ring (bicyclic) bond motifs is 1. The van der Waals surface area contributed by atoms with E-state index in [1.807, 2.05) is 34.5 Å². The summed E-state index contributed by atoms with van der Waals surface area (Å²) in [6, 6.07) is 12.0. The number of para-hydroxylation sites is 1. The molecule has 27 heavy (non-hydrogen) atoms. The van der Waals surface area contributed by atoms with Crippen LogP contribution < -0.4 is 10.2 Å². The maximum Gasteiger partial charge on any atom is 0.353 e. The lowest BCUT2D eigenvalue weighted by Crippen LogP contribution is -2.26. The SMILES string of the molecule is O=[N+]([O-])c1c(NCCc2cccs2)ncnc1N1CCCc2ccccc21. The number of rotatable bonds is 6. The normalized spacial score (nSPS) is 13.3. The summed E-state index contributed by atoms with van der Waals surface area (Å²) in [7, 11) is 0. The Morgan fingerprint density at radius 3 is 2.93 bits per heavy atom. The topological polar surface area (TPSA) is 84.2 Å². The minimum Gasteiger partial charge on any atom is -0.364 e. The molecule has 0 saturated carbocycles. The van der Waals surface area contributed by atoms with Crippen molar-refractivity contribution in [2.45, 2.75) is 19.3 Å². The third-order valence-corrected chi connectivity index (χ3v) is 5.53. The fourth-order valence-electron chi connectivity index (χ4n) is 3.38. The molecule has 3 heterocycles. The van der Waals surface area contributed by atoms with E-state index in [1.165, 1.54) is 16.8 Å². The Balaban J connectivity index is 1.64. The first-order valence-electron chi connectivity index (χ1n) is 8.85. The Hall–Kier alpha value is -3.00. The summed E-state index contributed by atoms with van der Waals surface area (Å²) in [6.45, 7) is 1.28. The van der Waals surface area contributed by atoms with E-state index in [0.29, 0.717) is 18.9 Å². The molecular formula is C19H19N5O2S. The first-order valence-corrected chi connectivity index (χ1v) is 9.73. The van der Waals surface area contributed by atoms with Crippen LogP contribution in [-0.4, -0.2) is 28.0 Å². The van der Waals surface area contributed by atoms with E-state index in [0.717, 1.165) is 24.9 Å². The van der Waals surface area contributed by atoms with Crippen LogP contribution in [0.1, 0.15) is 16.9 Å². The van der Waals surface area contributed by atoms with Crippen molar-refractivity contribution in [3.05, 3.63) is 68.7 Å². The maximum absolute atomic E-state index is 11.8. The predicted molar refractivity (Wildman–Crippen MR) is 107 cm³/mol. The number of anilines is 3. The van der Waals surface area contributed by atoms with Gasteiger partial charge in [-0.25, -0.2) is 9.97 Å². The Morgan fingerprint density at radius 2 is 2.11 bits per heavy atom. The predicted octanol–water partition coefficient (Wildman–Crippen LogP) is 4.19. The van der Waals surface area contributed by atoms with E-state index in [9.17, 15) is 10.1 Å². The molecule has 3 aromatic rings. The van der Waals surface area contributed by atoms with Crippen LogP contribution >= 0.6 is 11.3 Å². The van der Waals surface area contributed by atoms with Crippen LogP contribution in [0.25, 0.3) is 0 Å². The van der Waals surface area contributed by atoms with Crippen LogP contribution in [0.15, 0.2) is 48.1 Å². The number of hydrogen-bond acceptors (Lipinski definition) is 7.